The number of carbonyl (C=O) groups excluding carboxylic acids is 1. The Morgan fingerprint density at radius 1 is 1.36 bits per heavy atom. The van der Waals surface area contributed by atoms with Crippen molar-refractivity contribution < 1.29 is 4.79 Å². The van der Waals surface area contributed by atoms with Crippen molar-refractivity contribution in [2.45, 2.75) is 36.9 Å². The molecule has 1 aliphatic rings. The maximum Gasteiger partial charge on any atom is 0.236 e. The summed E-state index contributed by atoms with van der Waals surface area (Å²) < 4.78 is 0. The number of amides is 1. The number of nitrogens with one attached hydrogen (secondary N) is 1. The highest BCUT2D eigenvalue weighted by molar-refractivity contribution is 7.98. The molecule has 0 saturated carbocycles. The Morgan fingerprint density at radius 3 is 2.80 bits per heavy atom. The fourth-order valence-corrected chi connectivity index (χ4v) is 4.48. The second-order valence-corrected chi connectivity index (χ2v) is 8.29. The Morgan fingerprint density at radius 2 is 2.12 bits per heavy atom. The summed E-state index contributed by atoms with van der Waals surface area (Å²) in [5, 5.41) is 5.19. The quantitative estimate of drug-likeness (QED) is 0.762. The van der Waals surface area contributed by atoms with Gasteiger partial charge in [-0.05, 0) is 54.3 Å². The third kappa shape index (κ3) is 4.44. The van der Waals surface area contributed by atoms with Crippen LogP contribution in [0.2, 0.25) is 0 Å². The summed E-state index contributed by atoms with van der Waals surface area (Å²) in [5.74, 6) is -0.0982. The number of thioether (sulfide) groups is 1. The second kappa shape index (κ2) is 8.36. The number of rotatable bonds is 6. The fourth-order valence-electron chi connectivity index (χ4n) is 3.18. The Hall–Kier alpha value is -1.34. The second-order valence-electron chi connectivity index (χ2n) is 6.41. The van der Waals surface area contributed by atoms with Gasteiger partial charge in [-0.15, -0.1) is 23.1 Å². The van der Waals surface area contributed by atoms with Crippen molar-refractivity contribution >= 4 is 29.0 Å². The number of benzene rings is 1. The van der Waals surface area contributed by atoms with Crippen LogP contribution in [0.25, 0.3) is 0 Å². The predicted molar refractivity (Wildman–Crippen MR) is 106 cm³/mol. The zero-order chi connectivity index (χ0) is 17.8. The minimum Gasteiger partial charge on any atom is -0.353 e. The van der Waals surface area contributed by atoms with E-state index in [-0.39, 0.29) is 11.9 Å². The number of fused-ring (bicyclic) bond motifs is 1. The molecule has 2 heterocycles. The van der Waals surface area contributed by atoms with Crippen LogP contribution < -0.4 is 11.1 Å². The number of nitrogens with two attached hydrogens (primary N) is 1. The first-order valence-corrected chi connectivity index (χ1v) is 10.7. The van der Waals surface area contributed by atoms with Crippen LogP contribution in [0.4, 0.5) is 0 Å². The van der Waals surface area contributed by atoms with Crippen LogP contribution in [-0.4, -0.2) is 36.2 Å². The first kappa shape index (κ1) is 18.5. The third-order valence-electron chi connectivity index (χ3n) is 4.66. The molecule has 2 unspecified atom stereocenters. The van der Waals surface area contributed by atoms with Gasteiger partial charge in [-0.2, -0.15) is 0 Å². The molecular weight excluding hydrogens is 350 g/mol. The van der Waals surface area contributed by atoms with Gasteiger partial charge in [0.15, 0.2) is 0 Å². The first-order valence-electron chi connectivity index (χ1n) is 8.55. The molecule has 2 atom stereocenters. The average Bonchev–Trinajstić information content (AvgIpc) is 3.10. The van der Waals surface area contributed by atoms with E-state index in [1.807, 2.05) is 11.3 Å². The third-order valence-corrected chi connectivity index (χ3v) is 6.43. The minimum absolute atomic E-state index is 0.0982. The molecule has 1 aliphatic heterocycles. The summed E-state index contributed by atoms with van der Waals surface area (Å²) in [4.78, 5) is 17.2. The van der Waals surface area contributed by atoms with Gasteiger partial charge in [-0.25, -0.2) is 0 Å². The summed E-state index contributed by atoms with van der Waals surface area (Å²) in [6, 6.07) is 10.6. The van der Waals surface area contributed by atoms with E-state index in [9.17, 15) is 4.79 Å². The van der Waals surface area contributed by atoms with Crippen LogP contribution in [0.1, 0.15) is 29.0 Å². The van der Waals surface area contributed by atoms with Crippen molar-refractivity contribution in [1.29, 1.82) is 0 Å². The number of hydrogen-bond acceptors (Lipinski definition) is 5. The Labute approximate surface area is 157 Å². The van der Waals surface area contributed by atoms with Gasteiger partial charge in [0.05, 0.1) is 12.1 Å². The molecule has 0 bridgehead atoms. The zero-order valence-corrected chi connectivity index (χ0v) is 16.3. The van der Waals surface area contributed by atoms with E-state index in [1.165, 1.54) is 20.9 Å². The number of carbonyl (C=O) groups is 1. The molecule has 2 aromatic rings. The lowest BCUT2D eigenvalue weighted by atomic mass is 10.0. The van der Waals surface area contributed by atoms with Crippen LogP contribution in [0.5, 0.6) is 0 Å². The van der Waals surface area contributed by atoms with Crippen LogP contribution in [0.15, 0.2) is 40.6 Å². The molecule has 0 saturated heterocycles. The van der Waals surface area contributed by atoms with E-state index in [0.717, 1.165) is 19.5 Å². The SMILES string of the molecule is CSc1ccc(C(CNC(=O)C(C)N)N2CCc3sccc3C2)cc1. The number of nitrogens with zero attached hydrogens (tertiary/aromatic N) is 1. The van der Waals surface area contributed by atoms with Gasteiger partial charge in [0.25, 0.3) is 0 Å². The van der Waals surface area contributed by atoms with Gasteiger partial charge in [0.2, 0.25) is 5.91 Å². The lowest BCUT2D eigenvalue weighted by Gasteiger charge is -2.35. The molecule has 0 radical (unpaired) electrons. The largest absolute Gasteiger partial charge is 0.353 e. The van der Waals surface area contributed by atoms with Crippen molar-refractivity contribution in [3.05, 3.63) is 51.7 Å². The van der Waals surface area contributed by atoms with Crippen molar-refractivity contribution in [2.24, 2.45) is 5.73 Å². The lowest BCUT2D eigenvalue weighted by Crippen LogP contribution is -2.44. The van der Waals surface area contributed by atoms with E-state index in [4.69, 9.17) is 5.73 Å². The first-order chi connectivity index (χ1) is 12.1. The van der Waals surface area contributed by atoms with Gasteiger partial charge < -0.3 is 11.1 Å². The molecule has 1 aromatic carbocycles. The Kier molecular flexibility index (Phi) is 6.17. The highest BCUT2D eigenvalue weighted by Gasteiger charge is 2.26. The lowest BCUT2D eigenvalue weighted by molar-refractivity contribution is -0.122. The molecule has 25 heavy (non-hydrogen) atoms. The zero-order valence-electron chi connectivity index (χ0n) is 14.7. The van der Waals surface area contributed by atoms with Crippen LogP contribution in [0, 0.1) is 0 Å². The topological polar surface area (TPSA) is 58.4 Å². The molecule has 0 aliphatic carbocycles. The van der Waals surface area contributed by atoms with Crippen LogP contribution in [0.3, 0.4) is 0 Å². The summed E-state index contributed by atoms with van der Waals surface area (Å²) in [5.41, 5.74) is 8.35. The van der Waals surface area contributed by atoms with Crippen molar-refractivity contribution in [3.63, 3.8) is 0 Å². The molecule has 0 fully saturated rings. The van der Waals surface area contributed by atoms with Gasteiger partial charge >= 0.3 is 0 Å². The highest BCUT2D eigenvalue weighted by Crippen LogP contribution is 2.31. The summed E-state index contributed by atoms with van der Waals surface area (Å²) in [6.07, 6.45) is 3.16. The summed E-state index contributed by atoms with van der Waals surface area (Å²) in [6.45, 7) is 4.24. The van der Waals surface area contributed by atoms with E-state index >= 15 is 0 Å². The predicted octanol–water partition coefficient (Wildman–Crippen LogP) is 3.03. The van der Waals surface area contributed by atoms with Gasteiger partial charge in [-0.3, -0.25) is 9.69 Å². The van der Waals surface area contributed by atoms with E-state index in [2.05, 4.69) is 52.2 Å². The van der Waals surface area contributed by atoms with Gasteiger partial charge in [0, 0.05) is 29.4 Å². The maximum absolute atomic E-state index is 12.0. The maximum atomic E-state index is 12.0. The van der Waals surface area contributed by atoms with Crippen molar-refractivity contribution in [3.8, 4) is 0 Å². The normalized spacial score (nSPS) is 16.9. The van der Waals surface area contributed by atoms with Crippen LogP contribution >= 0.6 is 23.1 Å². The molecule has 3 N–H and O–H groups in total. The monoisotopic (exact) mass is 375 g/mol. The van der Waals surface area contributed by atoms with E-state index in [1.54, 1.807) is 18.7 Å². The number of thiophene rings is 1. The van der Waals surface area contributed by atoms with Gasteiger partial charge in [-0.1, -0.05) is 12.1 Å². The summed E-state index contributed by atoms with van der Waals surface area (Å²) >= 11 is 3.59. The van der Waals surface area contributed by atoms with E-state index in [0.29, 0.717) is 6.54 Å². The average molecular weight is 376 g/mol. The standard InChI is InChI=1S/C19H25N3OS2/c1-13(20)19(23)21-11-17(14-3-5-16(24-2)6-4-14)22-9-7-18-15(12-22)8-10-25-18/h3-6,8,10,13,17H,7,9,11-12,20H2,1-2H3,(H,21,23). The summed E-state index contributed by atoms with van der Waals surface area (Å²) in [7, 11) is 0. The molecule has 3 rings (SSSR count). The molecule has 1 aromatic heterocycles. The molecule has 4 nitrogen and oxygen atoms in total. The molecule has 6 heteroatoms. The van der Waals surface area contributed by atoms with Crippen molar-refractivity contribution in [1.82, 2.24) is 10.2 Å². The molecule has 0 spiro atoms. The number of hydrogen-bond donors (Lipinski definition) is 2. The van der Waals surface area contributed by atoms with Gasteiger partial charge in [0.1, 0.15) is 0 Å². The van der Waals surface area contributed by atoms with E-state index < -0.39 is 6.04 Å². The molecule has 134 valence electrons. The minimum atomic E-state index is -0.482. The van der Waals surface area contributed by atoms with Crippen LogP contribution in [-0.2, 0) is 17.8 Å². The Balaban J connectivity index is 1.79. The Bertz CT molecular complexity index is 712. The fraction of sp³-hybridized carbons (Fsp3) is 0.421. The smallest absolute Gasteiger partial charge is 0.236 e. The molecule has 1 amide bonds. The molecular formula is C19H25N3OS2. The van der Waals surface area contributed by atoms with Crippen molar-refractivity contribution in [2.75, 3.05) is 19.3 Å². The highest BCUT2D eigenvalue weighted by atomic mass is 32.2.